The first-order valence-corrected chi connectivity index (χ1v) is 4.48. The largest absolute Gasteiger partial charge is 0.300 e. The number of Topliss-reactive ketones (excluding diaryl/α,β-unsaturated/α-hetero) is 1. The van der Waals surface area contributed by atoms with Crippen molar-refractivity contribution < 1.29 is 4.79 Å². The van der Waals surface area contributed by atoms with E-state index in [2.05, 4.69) is 10.3 Å². The van der Waals surface area contributed by atoms with Gasteiger partial charge in [0.2, 0.25) is 0 Å². The molecule has 4 nitrogen and oxygen atoms in total. The summed E-state index contributed by atoms with van der Waals surface area (Å²) in [5, 5.41) is 7.95. The Kier molecular flexibility index (Phi) is 2.04. The van der Waals surface area contributed by atoms with Crippen LogP contribution in [-0.4, -0.2) is 20.6 Å². The summed E-state index contributed by atoms with van der Waals surface area (Å²) in [5.74, 6) is 0.130. The van der Waals surface area contributed by atoms with Gasteiger partial charge in [-0.05, 0) is 26.0 Å². The van der Waals surface area contributed by atoms with E-state index in [0.717, 1.165) is 16.9 Å². The molecule has 0 atom stereocenters. The maximum Gasteiger partial charge on any atom is 0.135 e. The number of ketones is 1. The number of aromatic nitrogens is 3. The molecular weight excluding hydrogens is 178 g/mol. The van der Waals surface area contributed by atoms with Gasteiger partial charge in [0.25, 0.3) is 0 Å². The van der Waals surface area contributed by atoms with Gasteiger partial charge < -0.3 is 0 Å². The number of pyridine rings is 1. The molecule has 14 heavy (non-hydrogen) atoms. The highest BCUT2D eigenvalue weighted by atomic mass is 16.1. The molecule has 72 valence electrons. The van der Waals surface area contributed by atoms with Gasteiger partial charge in [-0.1, -0.05) is 11.3 Å². The van der Waals surface area contributed by atoms with Crippen LogP contribution in [0.25, 0.3) is 5.52 Å². The van der Waals surface area contributed by atoms with E-state index in [1.807, 2.05) is 25.1 Å². The van der Waals surface area contributed by atoms with Crippen LogP contribution in [0, 0.1) is 6.92 Å². The van der Waals surface area contributed by atoms with Gasteiger partial charge in [-0.2, -0.15) is 0 Å². The molecule has 0 amide bonds. The highest BCUT2D eigenvalue weighted by Gasteiger charge is 2.06. The first kappa shape index (κ1) is 8.87. The molecule has 2 rings (SSSR count). The van der Waals surface area contributed by atoms with Crippen LogP contribution >= 0.6 is 0 Å². The third-order valence-corrected chi connectivity index (χ3v) is 2.13. The van der Waals surface area contributed by atoms with Gasteiger partial charge in [-0.3, -0.25) is 4.79 Å². The average molecular weight is 189 g/mol. The van der Waals surface area contributed by atoms with Crippen LogP contribution < -0.4 is 0 Å². The fourth-order valence-electron chi connectivity index (χ4n) is 1.48. The van der Waals surface area contributed by atoms with E-state index in [4.69, 9.17) is 0 Å². The molecule has 0 unspecified atom stereocenters. The zero-order chi connectivity index (χ0) is 10.1. The minimum absolute atomic E-state index is 0.130. The van der Waals surface area contributed by atoms with Crippen LogP contribution in [0.5, 0.6) is 0 Å². The summed E-state index contributed by atoms with van der Waals surface area (Å²) in [6, 6.07) is 5.76. The Morgan fingerprint density at radius 2 is 2.29 bits per heavy atom. The topological polar surface area (TPSA) is 47.3 Å². The van der Waals surface area contributed by atoms with Crippen LogP contribution in [0.4, 0.5) is 0 Å². The second-order valence-electron chi connectivity index (χ2n) is 3.37. The molecule has 0 bridgehead atoms. The molecule has 0 aliphatic rings. The van der Waals surface area contributed by atoms with Gasteiger partial charge in [0.15, 0.2) is 0 Å². The van der Waals surface area contributed by atoms with Gasteiger partial charge in [0.1, 0.15) is 5.78 Å². The second-order valence-corrected chi connectivity index (χ2v) is 3.37. The van der Waals surface area contributed by atoms with E-state index >= 15 is 0 Å². The Hall–Kier alpha value is -1.71. The number of carbonyl (C=O) groups excluding carboxylic acids is 1. The standard InChI is InChI=1S/C10H11N3O/c1-7(14)6-9-4-3-5-10-8(2)11-12-13(9)10/h3-5H,6H2,1-2H3. The molecule has 0 fully saturated rings. The Morgan fingerprint density at radius 1 is 1.50 bits per heavy atom. The summed E-state index contributed by atoms with van der Waals surface area (Å²) in [4.78, 5) is 11.0. The molecule has 0 radical (unpaired) electrons. The maximum atomic E-state index is 11.0. The lowest BCUT2D eigenvalue weighted by atomic mass is 10.2. The molecule has 0 aromatic carbocycles. The quantitative estimate of drug-likeness (QED) is 0.712. The van der Waals surface area contributed by atoms with E-state index in [1.54, 1.807) is 11.4 Å². The van der Waals surface area contributed by atoms with Crippen molar-refractivity contribution in [1.29, 1.82) is 0 Å². The minimum Gasteiger partial charge on any atom is -0.300 e. The molecule has 0 saturated carbocycles. The molecule has 0 spiro atoms. The molecule has 0 aliphatic carbocycles. The first-order chi connectivity index (χ1) is 6.68. The van der Waals surface area contributed by atoms with E-state index in [9.17, 15) is 4.79 Å². The van der Waals surface area contributed by atoms with E-state index < -0.39 is 0 Å². The van der Waals surface area contributed by atoms with Crippen molar-refractivity contribution in [3.05, 3.63) is 29.6 Å². The highest BCUT2D eigenvalue weighted by Crippen LogP contribution is 2.09. The lowest BCUT2D eigenvalue weighted by Gasteiger charge is -2.00. The predicted octanol–water partition coefficient (Wildman–Crippen LogP) is 1.17. The normalized spacial score (nSPS) is 10.7. The van der Waals surface area contributed by atoms with Crippen molar-refractivity contribution in [1.82, 2.24) is 14.8 Å². The van der Waals surface area contributed by atoms with Crippen LogP contribution in [0.15, 0.2) is 18.2 Å². The average Bonchev–Trinajstić information content (AvgIpc) is 2.49. The number of carbonyl (C=O) groups is 1. The van der Waals surface area contributed by atoms with Crippen molar-refractivity contribution in [3.8, 4) is 0 Å². The summed E-state index contributed by atoms with van der Waals surface area (Å²) < 4.78 is 1.72. The molecule has 2 aromatic heterocycles. The van der Waals surface area contributed by atoms with Crippen molar-refractivity contribution in [2.24, 2.45) is 0 Å². The Labute approximate surface area is 81.5 Å². The molecule has 0 saturated heterocycles. The third-order valence-electron chi connectivity index (χ3n) is 2.13. The van der Waals surface area contributed by atoms with Crippen LogP contribution in [0.3, 0.4) is 0 Å². The van der Waals surface area contributed by atoms with Gasteiger partial charge in [-0.25, -0.2) is 4.52 Å². The first-order valence-electron chi connectivity index (χ1n) is 4.48. The fraction of sp³-hybridized carbons (Fsp3) is 0.300. The van der Waals surface area contributed by atoms with Gasteiger partial charge >= 0.3 is 0 Å². The van der Waals surface area contributed by atoms with Crippen molar-refractivity contribution in [2.45, 2.75) is 20.3 Å². The van der Waals surface area contributed by atoms with E-state index in [1.165, 1.54) is 0 Å². The lowest BCUT2D eigenvalue weighted by molar-refractivity contribution is -0.116. The zero-order valence-corrected chi connectivity index (χ0v) is 8.19. The Balaban J connectivity index is 2.59. The number of aryl methyl sites for hydroxylation is 1. The zero-order valence-electron chi connectivity index (χ0n) is 8.19. The molecule has 2 aromatic rings. The van der Waals surface area contributed by atoms with Gasteiger partial charge in [0.05, 0.1) is 16.9 Å². The van der Waals surface area contributed by atoms with Crippen LogP contribution in [0.2, 0.25) is 0 Å². The maximum absolute atomic E-state index is 11.0. The van der Waals surface area contributed by atoms with E-state index in [-0.39, 0.29) is 5.78 Å². The number of hydrogen-bond donors (Lipinski definition) is 0. The fourth-order valence-corrected chi connectivity index (χ4v) is 1.48. The Morgan fingerprint density at radius 3 is 3.00 bits per heavy atom. The number of hydrogen-bond acceptors (Lipinski definition) is 3. The molecule has 2 heterocycles. The number of nitrogens with zero attached hydrogens (tertiary/aromatic N) is 3. The molecule has 0 N–H and O–H groups in total. The SMILES string of the molecule is CC(=O)Cc1cccc2c(C)nnn12. The summed E-state index contributed by atoms with van der Waals surface area (Å²) in [5.41, 5.74) is 2.73. The van der Waals surface area contributed by atoms with Crippen molar-refractivity contribution >= 4 is 11.3 Å². The summed E-state index contributed by atoms with van der Waals surface area (Å²) in [6.07, 6.45) is 0.403. The molecule has 4 heteroatoms. The summed E-state index contributed by atoms with van der Waals surface area (Å²) in [6.45, 7) is 3.47. The predicted molar refractivity (Wildman–Crippen MR) is 52.1 cm³/mol. The second kappa shape index (κ2) is 3.21. The lowest BCUT2D eigenvalue weighted by Crippen LogP contribution is -2.04. The van der Waals surface area contributed by atoms with Gasteiger partial charge in [-0.15, -0.1) is 5.10 Å². The monoisotopic (exact) mass is 189 g/mol. The summed E-state index contributed by atoms with van der Waals surface area (Å²) in [7, 11) is 0. The number of rotatable bonds is 2. The van der Waals surface area contributed by atoms with E-state index in [0.29, 0.717) is 6.42 Å². The van der Waals surface area contributed by atoms with Crippen molar-refractivity contribution in [2.75, 3.05) is 0 Å². The Bertz CT molecular complexity index is 487. The van der Waals surface area contributed by atoms with Crippen LogP contribution in [0.1, 0.15) is 18.3 Å². The summed E-state index contributed by atoms with van der Waals surface area (Å²) >= 11 is 0. The van der Waals surface area contributed by atoms with Crippen molar-refractivity contribution in [3.63, 3.8) is 0 Å². The highest BCUT2D eigenvalue weighted by molar-refractivity contribution is 5.78. The smallest absolute Gasteiger partial charge is 0.135 e. The van der Waals surface area contributed by atoms with Gasteiger partial charge in [0, 0.05) is 6.42 Å². The minimum atomic E-state index is 0.130. The third kappa shape index (κ3) is 1.39. The molecule has 0 aliphatic heterocycles. The number of fused-ring (bicyclic) bond motifs is 1. The van der Waals surface area contributed by atoms with Crippen LogP contribution in [-0.2, 0) is 11.2 Å². The molecular formula is C10H11N3O.